The molecule has 1 aromatic rings. The summed E-state index contributed by atoms with van der Waals surface area (Å²) < 4.78 is 12.6. The van der Waals surface area contributed by atoms with Gasteiger partial charge in [0.05, 0.1) is 5.56 Å². The Hall–Kier alpha value is -1.98. The Kier molecular flexibility index (Phi) is 4.56. The average molecular weight is 239 g/mol. The molecule has 6 heteroatoms. The minimum Gasteiger partial charge on any atom is -0.359 e. The maximum atomic E-state index is 12.6. The SMILES string of the molecule is CNC(=O)CCN(C)C(=O)c1ccc(F)nc1. The van der Waals surface area contributed by atoms with Crippen molar-refractivity contribution in [3.63, 3.8) is 0 Å². The number of amides is 2. The van der Waals surface area contributed by atoms with Gasteiger partial charge in [-0.2, -0.15) is 4.39 Å². The van der Waals surface area contributed by atoms with Crippen LogP contribution in [-0.4, -0.2) is 42.3 Å². The highest BCUT2D eigenvalue weighted by molar-refractivity contribution is 5.93. The largest absolute Gasteiger partial charge is 0.359 e. The standard InChI is InChI=1S/C11H14FN3O2/c1-13-10(16)5-6-15(2)11(17)8-3-4-9(12)14-7-8/h3-4,7H,5-6H2,1-2H3,(H,13,16). The minimum absolute atomic E-state index is 0.137. The molecule has 1 rings (SSSR count). The lowest BCUT2D eigenvalue weighted by Gasteiger charge is -2.16. The zero-order chi connectivity index (χ0) is 12.8. The molecule has 1 aromatic heterocycles. The summed E-state index contributed by atoms with van der Waals surface area (Å²) in [4.78, 5) is 27.6. The number of carbonyl (C=O) groups is 2. The van der Waals surface area contributed by atoms with Crippen LogP contribution < -0.4 is 5.32 Å². The van der Waals surface area contributed by atoms with Crippen LogP contribution in [0.1, 0.15) is 16.8 Å². The van der Waals surface area contributed by atoms with E-state index in [-0.39, 0.29) is 18.2 Å². The summed E-state index contributed by atoms with van der Waals surface area (Å²) in [6.07, 6.45) is 1.40. The zero-order valence-corrected chi connectivity index (χ0v) is 9.74. The van der Waals surface area contributed by atoms with Crippen molar-refractivity contribution in [1.82, 2.24) is 15.2 Å². The van der Waals surface area contributed by atoms with Crippen molar-refractivity contribution < 1.29 is 14.0 Å². The number of aromatic nitrogens is 1. The van der Waals surface area contributed by atoms with Crippen LogP contribution in [0.2, 0.25) is 0 Å². The third-order valence-corrected chi connectivity index (χ3v) is 2.27. The Balaban J connectivity index is 2.57. The van der Waals surface area contributed by atoms with Gasteiger partial charge in [0, 0.05) is 33.3 Å². The first-order chi connectivity index (χ1) is 8.04. The fourth-order valence-corrected chi connectivity index (χ4v) is 1.22. The predicted octanol–water partition coefficient (Wildman–Crippen LogP) is 0.429. The lowest BCUT2D eigenvalue weighted by molar-refractivity contribution is -0.120. The number of hydrogen-bond donors (Lipinski definition) is 1. The second-order valence-corrected chi connectivity index (χ2v) is 3.52. The molecular formula is C11H14FN3O2. The van der Waals surface area contributed by atoms with Gasteiger partial charge in [0.15, 0.2) is 0 Å². The van der Waals surface area contributed by atoms with Gasteiger partial charge < -0.3 is 10.2 Å². The number of nitrogens with zero attached hydrogens (tertiary/aromatic N) is 2. The molecule has 17 heavy (non-hydrogen) atoms. The topological polar surface area (TPSA) is 62.3 Å². The minimum atomic E-state index is -0.630. The first-order valence-corrected chi connectivity index (χ1v) is 5.12. The molecule has 0 radical (unpaired) electrons. The van der Waals surface area contributed by atoms with Gasteiger partial charge in [0.1, 0.15) is 0 Å². The Morgan fingerprint density at radius 3 is 2.71 bits per heavy atom. The van der Waals surface area contributed by atoms with Crippen molar-refractivity contribution in [2.24, 2.45) is 0 Å². The molecule has 0 saturated heterocycles. The number of hydrogen-bond acceptors (Lipinski definition) is 3. The summed E-state index contributed by atoms with van der Waals surface area (Å²) in [5.74, 6) is -1.06. The van der Waals surface area contributed by atoms with Crippen molar-refractivity contribution in [3.8, 4) is 0 Å². The molecule has 0 bridgehead atoms. The highest BCUT2D eigenvalue weighted by Gasteiger charge is 2.12. The van der Waals surface area contributed by atoms with E-state index >= 15 is 0 Å². The Morgan fingerprint density at radius 1 is 1.47 bits per heavy atom. The highest BCUT2D eigenvalue weighted by atomic mass is 19.1. The van der Waals surface area contributed by atoms with E-state index < -0.39 is 5.95 Å². The molecule has 2 amide bonds. The van der Waals surface area contributed by atoms with Gasteiger partial charge in [-0.25, -0.2) is 4.98 Å². The lowest BCUT2D eigenvalue weighted by atomic mass is 10.2. The van der Waals surface area contributed by atoms with Crippen LogP contribution in [0.15, 0.2) is 18.3 Å². The molecule has 0 fully saturated rings. The molecule has 92 valence electrons. The molecule has 0 saturated carbocycles. The van der Waals surface area contributed by atoms with E-state index in [1.807, 2.05) is 0 Å². The van der Waals surface area contributed by atoms with Crippen molar-refractivity contribution in [1.29, 1.82) is 0 Å². The van der Waals surface area contributed by atoms with Gasteiger partial charge in [-0.15, -0.1) is 0 Å². The van der Waals surface area contributed by atoms with Crippen LogP contribution in [0, 0.1) is 5.95 Å². The first-order valence-electron chi connectivity index (χ1n) is 5.12. The zero-order valence-electron chi connectivity index (χ0n) is 9.74. The van der Waals surface area contributed by atoms with E-state index in [1.165, 1.54) is 24.2 Å². The smallest absolute Gasteiger partial charge is 0.255 e. The van der Waals surface area contributed by atoms with Crippen molar-refractivity contribution in [3.05, 3.63) is 29.8 Å². The monoisotopic (exact) mass is 239 g/mol. The molecule has 0 atom stereocenters. The van der Waals surface area contributed by atoms with Crippen LogP contribution in [-0.2, 0) is 4.79 Å². The van der Waals surface area contributed by atoms with Gasteiger partial charge in [-0.3, -0.25) is 9.59 Å². The summed E-state index contributed by atoms with van der Waals surface area (Å²) in [5.41, 5.74) is 0.297. The molecule has 5 nitrogen and oxygen atoms in total. The average Bonchev–Trinajstić information content (AvgIpc) is 2.35. The maximum Gasteiger partial charge on any atom is 0.255 e. The van der Waals surface area contributed by atoms with E-state index in [1.54, 1.807) is 7.05 Å². The van der Waals surface area contributed by atoms with E-state index in [4.69, 9.17) is 0 Å². The molecular weight excluding hydrogens is 225 g/mol. The number of rotatable bonds is 4. The fourth-order valence-electron chi connectivity index (χ4n) is 1.22. The molecule has 0 unspecified atom stereocenters. The summed E-state index contributed by atoms with van der Waals surface area (Å²) in [5, 5.41) is 2.47. The molecule has 0 aromatic carbocycles. The van der Waals surface area contributed by atoms with Gasteiger partial charge in [0.25, 0.3) is 5.91 Å². The van der Waals surface area contributed by atoms with Crippen LogP contribution in [0.5, 0.6) is 0 Å². The molecule has 0 aliphatic heterocycles. The summed E-state index contributed by atoms with van der Waals surface area (Å²) in [7, 11) is 3.11. The number of carbonyl (C=O) groups excluding carboxylic acids is 2. The van der Waals surface area contributed by atoms with Crippen molar-refractivity contribution in [2.75, 3.05) is 20.6 Å². The third kappa shape index (κ3) is 3.82. The Bertz CT molecular complexity index is 406. The lowest BCUT2D eigenvalue weighted by Crippen LogP contribution is -2.31. The van der Waals surface area contributed by atoms with Crippen molar-refractivity contribution in [2.45, 2.75) is 6.42 Å². The van der Waals surface area contributed by atoms with Gasteiger partial charge in [0.2, 0.25) is 11.9 Å². The van der Waals surface area contributed by atoms with Crippen molar-refractivity contribution >= 4 is 11.8 Å². The van der Waals surface area contributed by atoms with Crippen LogP contribution in [0.4, 0.5) is 4.39 Å². The predicted molar refractivity (Wildman–Crippen MR) is 59.8 cm³/mol. The van der Waals surface area contributed by atoms with Crippen LogP contribution >= 0.6 is 0 Å². The van der Waals surface area contributed by atoms with Gasteiger partial charge >= 0.3 is 0 Å². The summed E-state index contributed by atoms with van der Waals surface area (Å²) >= 11 is 0. The van der Waals surface area contributed by atoms with Gasteiger partial charge in [-0.1, -0.05) is 0 Å². The van der Waals surface area contributed by atoms with Crippen LogP contribution in [0.3, 0.4) is 0 Å². The van der Waals surface area contributed by atoms with E-state index in [0.29, 0.717) is 12.1 Å². The maximum absolute atomic E-state index is 12.6. The highest BCUT2D eigenvalue weighted by Crippen LogP contribution is 2.03. The fraction of sp³-hybridized carbons (Fsp3) is 0.364. The molecule has 1 N–H and O–H groups in total. The van der Waals surface area contributed by atoms with E-state index in [9.17, 15) is 14.0 Å². The van der Waals surface area contributed by atoms with E-state index in [2.05, 4.69) is 10.3 Å². The van der Waals surface area contributed by atoms with E-state index in [0.717, 1.165) is 6.07 Å². The van der Waals surface area contributed by atoms with Gasteiger partial charge in [-0.05, 0) is 12.1 Å². The molecule has 0 spiro atoms. The summed E-state index contributed by atoms with van der Waals surface area (Å²) in [6, 6.07) is 2.49. The molecule has 0 aliphatic rings. The Morgan fingerprint density at radius 2 is 2.18 bits per heavy atom. The number of nitrogens with one attached hydrogen (secondary N) is 1. The van der Waals surface area contributed by atoms with Crippen LogP contribution in [0.25, 0.3) is 0 Å². The quantitative estimate of drug-likeness (QED) is 0.775. The normalized spacial score (nSPS) is 9.82. The summed E-state index contributed by atoms with van der Waals surface area (Å²) in [6.45, 7) is 0.301. The first kappa shape index (κ1) is 13.1. The number of pyridine rings is 1. The molecule has 1 heterocycles. The third-order valence-electron chi connectivity index (χ3n) is 2.27. The second-order valence-electron chi connectivity index (χ2n) is 3.52. The number of halogens is 1. The Labute approximate surface area is 98.6 Å². The second kappa shape index (κ2) is 5.93. The molecule has 0 aliphatic carbocycles.